The molecule has 1 atom stereocenters. The van der Waals surface area contributed by atoms with Crippen molar-refractivity contribution >= 4 is 5.97 Å². The van der Waals surface area contributed by atoms with Crippen molar-refractivity contribution in [3.05, 3.63) is 65.2 Å². The van der Waals surface area contributed by atoms with Crippen LogP contribution >= 0.6 is 0 Å². The van der Waals surface area contributed by atoms with Gasteiger partial charge in [-0.05, 0) is 30.2 Å². The second kappa shape index (κ2) is 6.90. The largest absolute Gasteiger partial charge is 0.508 e. The fraction of sp³-hybridized carbons (Fsp3) is 0.235. The molecule has 0 aromatic heterocycles. The summed E-state index contributed by atoms with van der Waals surface area (Å²) in [5.41, 5.74) is 1.96. The lowest BCUT2D eigenvalue weighted by atomic mass is 9.87. The van der Waals surface area contributed by atoms with E-state index in [-0.39, 0.29) is 18.3 Å². The van der Waals surface area contributed by atoms with Gasteiger partial charge in [0.25, 0.3) is 0 Å². The monoisotopic (exact) mass is 286 g/mol. The van der Waals surface area contributed by atoms with Gasteiger partial charge in [0.05, 0.1) is 12.7 Å². The van der Waals surface area contributed by atoms with Crippen LogP contribution < -0.4 is 0 Å². The second-order valence-corrected chi connectivity index (χ2v) is 4.74. The SMILES string of the molecule is COC(=O)c1ccc(O)c(C(CCO)c2ccccc2)c1. The Kier molecular flexibility index (Phi) is 4.95. The Labute approximate surface area is 123 Å². The van der Waals surface area contributed by atoms with Gasteiger partial charge in [0.2, 0.25) is 0 Å². The number of esters is 1. The molecule has 4 nitrogen and oxygen atoms in total. The summed E-state index contributed by atoms with van der Waals surface area (Å²) in [6, 6.07) is 14.2. The van der Waals surface area contributed by atoms with Gasteiger partial charge in [-0.1, -0.05) is 30.3 Å². The van der Waals surface area contributed by atoms with Crippen LogP contribution in [0.25, 0.3) is 0 Å². The van der Waals surface area contributed by atoms with E-state index < -0.39 is 5.97 Å². The van der Waals surface area contributed by atoms with Gasteiger partial charge in [0.15, 0.2) is 0 Å². The lowest BCUT2D eigenvalue weighted by Crippen LogP contribution is -2.07. The van der Waals surface area contributed by atoms with Crippen LogP contribution in [0.1, 0.15) is 33.8 Å². The third kappa shape index (κ3) is 3.41. The summed E-state index contributed by atoms with van der Waals surface area (Å²) in [5, 5.41) is 19.4. The molecule has 0 saturated heterocycles. The van der Waals surface area contributed by atoms with Gasteiger partial charge in [0, 0.05) is 18.1 Å². The molecule has 0 aliphatic carbocycles. The molecule has 0 radical (unpaired) electrons. The van der Waals surface area contributed by atoms with Crippen LogP contribution in [0.15, 0.2) is 48.5 Å². The average Bonchev–Trinajstić information content (AvgIpc) is 2.53. The molecule has 2 aromatic rings. The van der Waals surface area contributed by atoms with E-state index in [2.05, 4.69) is 0 Å². The highest BCUT2D eigenvalue weighted by molar-refractivity contribution is 5.89. The van der Waals surface area contributed by atoms with Crippen molar-refractivity contribution in [2.75, 3.05) is 13.7 Å². The first kappa shape index (κ1) is 15.1. The van der Waals surface area contributed by atoms with Gasteiger partial charge in [-0.2, -0.15) is 0 Å². The second-order valence-electron chi connectivity index (χ2n) is 4.74. The van der Waals surface area contributed by atoms with Crippen LogP contribution in [-0.4, -0.2) is 29.9 Å². The zero-order valence-electron chi connectivity index (χ0n) is 11.8. The van der Waals surface area contributed by atoms with Crippen LogP contribution in [-0.2, 0) is 4.74 Å². The number of methoxy groups -OCH3 is 1. The van der Waals surface area contributed by atoms with Crippen LogP contribution in [0, 0.1) is 0 Å². The highest BCUT2D eigenvalue weighted by atomic mass is 16.5. The van der Waals surface area contributed by atoms with Crippen molar-refractivity contribution in [1.29, 1.82) is 0 Å². The maximum Gasteiger partial charge on any atom is 0.337 e. The fourth-order valence-corrected chi connectivity index (χ4v) is 2.39. The van der Waals surface area contributed by atoms with Gasteiger partial charge in [0.1, 0.15) is 5.75 Å². The van der Waals surface area contributed by atoms with Crippen molar-refractivity contribution in [2.45, 2.75) is 12.3 Å². The number of hydrogen-bond donors (Lipinski definition) is 2. The maximum absolute atomic E-state index is 11.6. The first-order chi connectivity index (χ1) is 10.2. The lowest BCUT2D eigenvalue weighted by molar-refractivity contribution is 0.0600. The molecule has 0 fully saturated rings. The summed E-state index contributed by atoms with van der Waals surface area (Å²) < 4.78 is 4.71. The number of carbonyl (C=O) groups excluding carboxylic acids is 1. The van der Waals surface area contributed by atoms with E-state index in [0.29, 0.717) is 17.5 Å². The van der Waals surface area contributed by atoms with Crippen LogP contribution in [0.4, 0.5) is 0 Å². The molecule has 2 aromatic carbocycles. The Morgan fingerprint density at radius 3 is 2.52 bits per heavy atom. The first-order valence-corrected chi connectivity index (χ1v) is 6.74. The summed E-state index contributed by atoms with van der Waals surface area (Å²) in [6.07, 6.45) is 0.461. The van der Waals surface area contributed by atoms with Gasteiger partial charge in [-0.25, -0.2) is 4.79 Å². The minimum atomic E-state index is -0.452. The van der Waals surface area contributed by atoms with Gasteiger partial charge >= 0.3 is 5.97 Å². The summed E-state index contributed by atoms with van der Waals surface area (Å²) in [5.74, 6) is -0.530. The Balaban J connectivity index is 2.47. The summed E-state index contributed by atoms with van der Waals surface area (Å²) in [4.78, 5) is 11.6. The number of aliphatic hydroxyl groups is 1. The minimum absolute atomic E-state index is 0.0124. The third-order valence-electron chi connectivity index (χ3n) is 3.44. The molecule has 0 bridgehead atoms. The number of ether oxygens (including phenoxy) is 1. The number of hydrogen-bond acceptors (Lipinski definition) is 4. The normalized spacial score (nSPS) is 11.9. The molecule has 110 valence electrons. The number of phenolic OH excluding ortho intramolecular Hbond substituents is 1. The average molecular weight is 286 g/mol. The highest BCUT2D eigenvalue weighted by Crippen LogP contribution is 2.34. The van der Waals surface area contributed by atoms with E-state index in [1.807, 2.05) is 30.3 Å². The molecule has 2 N–H and O–H groups in total. The number of aromatic hydroxyl groups is 1. The van der Waals surface area contributed by atoms with E-state index in [1.165, 1.54) is 19.2 Å². The zero-order valence-corrected chi connectivity index (χ0v) is 11.8. The molecule has 0 saturated carbocycles. The van der Waals surface area contributed by atoms with E-state index in [1.54, 1.807) is 6.07 Å². The van der Waals surface area contributed by atoms with Crippen LogP contribution in [0.3, 0.4) is 0 Å². The number of carbonyl (C=O) groups is 1. The molecule has 21 heavy (non-hydrogen) atoms. The van der Waals surface area contributed by atoms with Crippen molar-refractivity contribution in [3.8, 4) is 5.75 Å². The molecular weight excluding hydrogens is 268 g/mol. The van der Waals surface area contributed by atoms with E-state index >= 15 is 0 Å². The fourth-order valence-electron chi connectivity index (χ4n) is 2.39. The number of benzene rings is 2. The zero-order chi connectivity index (χ0) is 15.2. The van der Waals surface area contributed by atoms with Crippen molar-refractivity contribution < 1.29 is 19.7 Å². The Morgan fingerprint density at radius 2 is 1.90 bits per heavy atom. The Morgan fingerprint density at radius 1 is 1.19 bits per heavy atom. The maximum atomic E-state index is 11.6. The number of rotatable bonds is 5. The molecule has 2 rings (SSSR count). The third-order valence-corrected chi connectivity index (χ3v) is 3.44. The molecule has 0 amide bonds. The Bertz CT molecular complexity index is 607. The predicted octanol–water partition coefficient (Wildman–Crippen LogP) is 2.69. The molecular formula is C17H18O4. The summed E-state index contributed by atoms with van der Waals surface area (Å²) in [6.45, 7) is -0.0124. The standard InChI is InChI=1S/C17H18O4/c1-21-17(20)13-7-8-16(19)15(11-13)14(9-10-18)12-5-3-2-4-6-12/h2-8,11,14,18-19H,9-10H2,1H3. The Hall–Kier alpha value is -2.33. The number of phenols is 1. The molecule has 1 unspecified atom stereocenters. The first-order valence-electron chi connectivity index (χ1n) is 6.74. The van der Waals surface area contributed by atoms with E-state index in [4.69, 9.17) is 4.74 Å². The van der Waals surface area contributed by atoms with E-state index in [0.717, 1.165) is 5.56 Å². The summed E-state index contributed by atoms with van der Waals surface area (Å²) >= 11 is 0. The van der Waals surface area contributed by atoms with Crippen molar-refractivity contribution in [3.63, 3.8) is 0 Å². The molecule has 0 aliphatic rings. The van der Waals surface area contributed by atoms with Gasteiger partial charge in [-0.3, -0.25) is 0 Å². The minimum Gasteiger partial charge on any atom is -0.508 e. The molecule has 0 spiro atoms. The van der Waals surface area contributed by atoms with Crippen LogP contribution in [0.5, 0.6) is 5.75 Å². The van der Waals surface area contributed by atoms with Gasteiger partial charge in [-0.15, -0.1) is 0 Å². The van der Waals surface area contributed by atoms with Crippen molar-refractivity contribution in [2.24, 2.45) is 0 Å². The molecule has 0 heterocycles. The predicted molar refractivity (Wildman–Crippen MR) is 79.4 cm³/mol. The smallest absolute Gasteiger partial charge is 0.337 e. The van der Waals surface area contributed by atoms with E-state index in [9.17, 15) is 15.0 Å². The van der Waals surface area contributed by atoms with Gasteiger partial charge < -0.3 is 14.9 Å². The molecule has 0 aliphatic heterocycles. The molecule has 4 heteroatoms. The topological polar surface area (TPSA) is 66.8 Å². The summed E-state index contributed by atoms with van der Waals surface area (Å²) in [7, 11) is 1.32. The highest BCUT2D eigenvalue weighted by Gasteiger charge is 2.19. The van der Waals surface area contributed by atoms with Crippen molar-refractivity contribution in [1.82, 2.24) is 0 Å². The lowest BCUT2D eigenvalue weighted by Gasteiger charge is -2.19. The van der Waals surface area contributed by atoms with Crippen LogP contribution in [0.2, 0.25) is 0 Å². The number of aliphatic hydroxyl groups excluding tert-OH is 1. The quantitative estimate of drug-likeness (QED) is 0.829.